The number of ether oxygens (including phenoxy) is 1. The van der Waals surface area contributed by atoms with Crippen molar-refractivity contribution in [1.29, 1.82) is 0 Å². The number of aromatic amines is 1. The van der Waals surface area contributed by atoms with Crippen LogP contribution in [0.15, 0.2) is 11.2 Å². The van der Waals surface area contributed by atoms with Crippen molar-refractivity contribution in [3.05, 3.63) is 11.8 Å². The lowest BCUT2D eigenvalue weighted by molar-refractivity contribution is 0.162. The summed E-state index contributed by atoms with van der Waals surface area (Å²) in [6.45, 7) is 5.52. The average molecular weight is 319 g/mol. The number of nitrogens with zero attached hydrogens (tertiary/aromatic N) is 2. The Labute approximate surface area is 126 Å². The van der Waals surface area contributed by atoms with E-state index >= 15 is 0 Å². The highest BCUT2D eigenvalue weighted by Gasteiger charge is 2.20. The molecule has 1 heterocycles. The van der Waals surface area contributed by atoms with Crippen LogP contribution in [-0.4, -0.2) is 70.5 Å². The zero-order chi connectivity index (χ0) is 15.7. The van der Waals surface area contributed by atoms with Crippen molar-refractivity contribution in [2.75, 3.05) is 46.9 Å². The van der Waals surface area contributed by atoms with Gasteiger partial charge in [-0.1, -0.05) is 6.92 Å². The second kappa shape index (κ2) is 9.11. The van der Waals surface area contributed by atoms with E-state index in [1.807, 2.05) is 18.9 Å². The Morgan fingerprint density at radius 3 is 2.86 bits per heavy atom. The van der Waals surface area contributed by atoms with E-state index in [9.17, 15) is 8.42 Å². The SMILES string of the molecule is CCNCc1cn[nH]c1S(=O)(=O)NCCN(C)CCOC. The molecule has 3 N–H and O–H groups in total. The summed E-state index contributed by atoms with van der Waals surface area (Å²) in [6.07, 6.45) is 1.53. The number of nitrogens with one attached hydrogen (secondary N) is 3. The predicted octanol–water partition coefficient (Wildman–Crippen LogP) is -0.624. The van der Waals surface area contributed by atoms with E-state index in [-0.39, 0.29) is 5.03 Å². The van der Waals surface area contributed by atoms with Crippen molar-refractivity contribution in [3.8, 4) is 0 Å². The maximum atomic E-state index is 12.2. The minimum absolute atomic E-state index is 0.128. The van der Waals surface area contributed by atoms with Crippen molar-refractivity contribution in [1.82, 2.24) is 25.1 Å². The van der Waals surface area contributed by atoms with Gasteiger partial charge < -0.3 is 15.0 Å². The summed E-state index contributed by atoms with van der Waals surface area (Å²) < 4.78 is 32.0. The summed E-state index contributed by atoms with van der Waals surface area (Å²) in [6, 6.07) is 0. The summed E-state index contributed by atoms with van der Waals surface area (Å²) in [7, 11) is -0.00384. The highest BCUT2D eigenvalue weighted by Crippen LogP contribution is 2.11. The molecule has 0 saturated heterocycles. The summed E-state index contributed by atoms with van der Waals surface area (Å²) in [5, 5.41) is 9.58. The normalized spacial score (nSPS) is 12.2. The van der Waals surface area contributed by atoms with E-state index in [4.69, 9.17) is 4.74 Å². The van der Waals surface area contributed by atoms with E-state index in [1.165, 1.54) is 6.20 Å². The lowest BCUT2D eigenvalue weighted by Gasteiger charge is -2.16. The van der Waals surface area contributed by atoms with E-state index in [0.717, 1.165) is 13.1 Å². The van der Waals surface area contributed by atoms with Gasteiger partial charge in [0.1, 0.15) is 0 Å². The highest BCUT2D eigenvalue weighted by molar-refractivity contribution is 7.89. The van der Waals surface area contributed by atoms with Crippen molar-refractivity contribution in [2.24, 2.45) is 0 Å². The lowest BCUT2D eigenvalue weighted by Crippen LogP contribution is -2.35. The molecule has 21 heavy (non-hydrogen) atoms. The molecule has 0 saturated carbocycles. The molecule has 0 fully saturated rings. The fraction of sp³-hybridized carbons (Fsp3) is 0.750. The average Bonchev–Trinajstić information content (AvgIpc) is 2.92. The van der Waals surface area contributed by atoms with Crippen LogP contribution in [-0.2, 0) is 21.3 Å². The van der Waals surface area contributed by atoms with Crippen molar-refractivity contribution in [3.63, 3.8) is 0 Å². The van der Waals surface area contributed by atoms with Crippen LogP contribution in [0.5, 0.6) is 0 Å². The fourth-order valence-electron chi connectivity index (χ4n) is 1.72. The third-order valence-corrected chi connectivity index (χ3v) is 4.45. The maximum Gasteiger partial charge on any atom is 0.257 e. The first-order valence-electron chi connectivity index (χ1n) is 6.91. The van der Waals surface area contributed by atoms with Crippen LogP contribution in [0, 0.1) is 0 Å². The zero-order valence-electron chi connectivity index (χ0n) is 12.8. The van der Waals surface area contributed by atoms with Crippen LogP contribution in [0.3, 0.4) is 0 Å². The summed E-state index contributed by atoms with van der Waals surface area (Å²) in [5.41, 5.74) is 0.636. The smallest absolute Gasteiger partial charge is 0.257 e. The standard InChI is InChI=1S/C12H25N5O3S/c1-4-13-9-11-10-14-16-12(11)21(18,19)15-5-6-17(2)7-8-20-3/h10,13,15H,4-9H2,1-3H3,(H,14,16). The first kappa shape index (κ1) is 18.1. The second-order valence-corrected chi connectivity index (χ2v) is 6.40. The van der Waals surface area contributed by atoms with Crippen molar-refractivity contribution < 1.29 is 13.2 Å². The van der Waals surface area contributed by atoms with Gasteiger partial charge in [0.25, 0.3) is 10.0 Å². The Bertz CT molecular complexity index is 503. The van der Waals surface area contributed by atoms with Crippen molar-refractivity contribution in [2.45, 2.75) is 18.5 Å². The van der Waals surface area contributed by atoms with Gasteiger partial charge in [0, 0.05) is 38.9 Å². The monoisotopic (exact) mass is 319 g/mol. The largest absolute Gasteiger partial charge is 0.383 e. The third-order valence-electron chi connectivity index (χ3n) is 2.98. The molecule has 1 aromatic heterocycles. The molecule has 0 amide bonds. The summed E-state index contributed by atoms with van der Waals surface area (Å²) in [5.74, 6) is 0. The van der Waals surface area contributed by atoms with Gasteiger partial charge in [0.15, 0.2) is 5.03 Å². The molecule has 0 bridgehead atoms. The van der Waals surface area contributed by atoms with E-state index in [0.29, 0.717) is 31.8 Å². The number of sulfonamides is 1. The minimum Gasteiger partial charge on any atom is -0.383 e. The number of rotatable bonds is 11. The molecule has 1 rings (SSSR count). The molecule has 8 nitrogen and oxygen atoms in total. The highest BCUT2D eigenvalue weighted by atomic mass is 32.2. The molecule has 0 aromatic carbocycles. The molecule has 9 heteroatoms. The van der Waals surface area contributed by atoms with Gasteiger partial charge in [0.2, 0.25) is 0 Å². The van der Waals surface area contributed by atoms with Crippen LogP contribution in [0.25, 0.3) is 0 Å². The van der Waals surface area contributed by atoms with Crippen LogP contribution in [0.2, 0.25) is 0 Å². The second-order valence-electron chi connectivity index (χ2n) is 4.70. The molecule has 1 aromatic rings. The minimum atomic E-state index is -3.56. The Kier molecular flexibility index (Phi) is 7.83. The molecular weight excluding hydrogens is 294 g/mol. The molecule has 0 aliphatic carbocycles. The molecule has 122 valence electrons. The Hall–Kier alpha value is -1.00. The molecule has 0 aliphatic heterocycles. The number of hydrogen-bond acceptors (Lipinski definition) is 6. The van der Waals surface area contributed by atoms with Gasteiger partial charge in [-0.05, 0) is 13.6 Å². The Balaban J connectivity index is 2.52. The number of hydrogen-bond donors (Lipinski definition) is 3. The fourth-order valence-corrected chi connectivity index (χ4v) is 2.87. The first-order chi connectivity index (χ1) is 10.0. The predicted molar refractivity (Wildman–Crippen MR) is 80.5 cm³/mol. The summed E-state index contributed by atoms with van der Waals surface area (Å²) in [4.78, 5) is 2.00. The van der Waals surface area contributed by atoms with E-state index in [2.05, 4.69) is 20.2 Å². The van der Waals surface area contributed by atoms with Gasteiger partial charge in [-0.2, -0.15) is 5.10 Å². The molecule has 0 atom stereocenters. The van der Waals surface area contributed by atoms with Gasteiger partial charge in [-0.3, -0.25) is 5.10 Å². The molecule has 0 unspecified atom stereocenters. The van der Waals surface area contributed by atoms with Gasteiger partial charge in [-0.15, -0.1) is 0 Å². The zero-order valence-corrected chi connectivity index (χ0v) is 13.7. The number of methoxy groups -OCH3 is 1. The van der Waals surface area contributed by atoms with Crippen LogP contribution >= 0.6 is 0 Å². The molecule has 0 aliphatic rings. The van der Waals surface area contributed by atoms with Crippen LogP contribution < -0.4 is 10.0 Å². The van der Waals surface area contributed by atoms with Crippen LogP contribution in [0.1, 0.15) is 12.5 Å². The van der Waals surface area contributed by atoms with Crippen LogP contribution in [0.4, 0.5) is 0 Å². The summed E-state index contributed by atoms with van der Waals surface area (Å²) >= 11 is 0. The van der Waals surface area contributed by atoms with E-state index < -0.39 is 10.0 Å². The van der Waals surface area contributed by atoms with Crippen molar-refractivity contribution >= 4 is 10.0 Å². The third kappa shape index (κ3) is 6.10. The molecular formula is C12H25N5O3S. The first-order valence-corrected chi connectivity index (χ1v) is 8.39. The van der Waals surface area contributed by atoms with Gasteiger partial charge in [0.05, 0.1) is 12.8 Å². The Morgan fingerprint density at radius 1 is 1.43 bits per heavy atom. The topological polar surface area (TPSA) is 99.3 Å². The van der Waals surface area contributed by atoms with Gasteiger partial charge >= 0.3 is 0 Å². The Morgan fingerprint density at radius 2 is 2.19 bits per heavy atom. The maximum absolute atomic E-state index is 12.2. The van der Waals surface area contributed by atoms with Gasteiger partial charge in [-0.25, -0.2) is 13.1 Å². The molecule has 0 spiro atoms. The molecule has 0 radical (unpaired) electrons. The number of likely N-dealkylation sites (N-methyl/N-ethyl adjacent to an activating group) is 1. The number of aromatic nitrogens is 2. The quantitative estimate of drug-likeness (QED) is 0.502. The van der Waals surface area contributed by atoms with E-state index in [1.54, 1.807) is 7.11 Å². The lowest BCUT2D eigenvalue weighted by atomic mass is 10.3. The number of H-pyrrole nitrogens is 1.